The molecule has 0 unspecified atom stereocenters. The molecule has 1 aromatic carbocycles. The van der Waals surface area contributed by atoms with Crippen LogP contribution in [-0.4, -0.2) is 20.7 Å². The summed E-state index contributed by atoms with van der Waals surface area (Å²) in [5.41, 5.74) is 0.824. The third-order valence-electron chi connectivity index (χ3n) is 2.16. The van der Waals surface area contributed by atoms with E-state index in [1.807, 2.05) is 6.07 Å². The Hall–Kier alpha value is -1.54. The van der Waals surface area contributed by atoms with Crippen molar-refractivity contribution in [1.82, 2.24) is 0 Å². The molecule has 0 aromatic heterocycles. The van der Waals surface area contributed by atoms with E-state index >= 15 is 0 Å². The van der Waals surface area contributed by atoms with Crippen molar-refractivity contribution in [2.45, 2.75) is 18.2 Å². The average Bonchev–Trinajstić information content (AvgIpc) is 2.30. The molecule has 16 heavy (non-hydrogen) atoms. The van der Waals surface area contributed by atoms with Gasteiger partial charge in [-0.1, -0.05) is 6.92 Å². The first-order chi connectivity index (χ1) is 7.60. The Morgan fingerprint density at radius 1 is 1.31 bits per heavy atom. The van der Waals surface area contributed by atoms with Crippen molar-refractivity contribution in [1.29, 1.82) is 5.26 Å². The first-order valence-electron chi connectivity index (χ1n) is 5.04. The molecule has 1 N–H and O–H groups in total. The van der Waals surface area contributed by atoms with Crippen LogP contribution in [0, 0.1) is 11.3 Å². The molecule has 0 aliphatic rings. The Morgan fingerprint density at radius 2 is 1.94 bits per heavy atom. The van der Waals surface area contributed by atoms with Gasteiger partial charge in [0.05, 0.1) is 23.1 Å². The second kappa shape index (κ2) is 5.52. The van der Waals surface area contributed by atoms with Gasteiger partial charge in [-0.25, -0.2) is 8.42 Å². The Labute approximate surface area is 95.8 Å². The molecule has 0 aliphatic carbocycles. The van der Waals surface area contributed by atoms with Gasteiger partial charge in [-0.05, 0) is 24.3 Å². The fourth-order valence-electron chi connectivity index (χ4n) is 1.21. The highest BCUT2D eigenvalue weighted by atomic mass is 32.2. The number of benzene rings is 1. The molecule has 1 rings (SSSR count). The van der Waals surface area contributed by atoms with Crippen LogP contribution >= 0.6 is 0 Å². The molecular formula is C11H14N2O2S. The number of sulfone groups is 1. The van der Waals surface area contributed by atoms with E-state index in [1.54, 1.807) is 31.2 Å². The quantitative estimate of drug-likeness (QED) is 0.794. The highest BCUT2D eigenvalue weighted by Crippen LogP contribution is 2.15. The lowest BCUT2D eigenvalue weighted by atomic mass is 10.3. The predicted molar refractivity (Wildman–Crippen MR) is 62.9 cm³/mol. The van der Waals surface area contributed by atoms with Crippen LogP contribution in [0.4, 0.5) is 5.69 Å². The standard InChI is InChI=1S/C11H14N2O2S/c1-2-16(14,15)11-6-4-10(5-7-11)13-9-3-8-12/h4-7,13H,2-3,9H2,1H3. The minimum Gasteiger partial charge on any atom is -0.384 e. The van der Waals surface area contributed by atoms with Crippen molar-refractivity contribution in [3.8, 4) is 6.07 Å². The number of hydrogen-bond acceptors (Lipinski definition) is 4. The second-order valence-electron chi connectivity index (χ2n) is 3.26. The van der Waals surface area contributed by atoms with Gasteiger partial charge in [0.25, 0.3) is 0 Å². The SMILES string of the molecule is CCS(=O)(=O)c1ccc(NCCC#N)cc1. The maximum atomic E-state index is 11.5. The molecule has 0 radical (unpaired) electrons. The van der Waals surface area contributed by atoms with Gasteiger partial charge in [0.15, 0.2) is 9.84 Å². The van der Waals surface area contributed by atoms with Crippen LogP contribution in [0.25, 0.3) is 0 Å². The Bertz CT molecular complexity index is 472. The molecular weight excluding hydrogens is 224 g/mol. The Morgan fingerprint density at radius 3 is 2.44 bits per heavy atom. The number of rotatable bonds is 5. The minimum absolute atomic E-state index is 0.105. The number of anilines is 1. The smallest absolute Gasteiger partial charge is 0.178 e. The summed E-state index contributed by atoms with van der Waals surface area (Å²) in [6, 6.07) is 8.59. The maximum absolute atomic E-state index is 11.5. The van der Waals surface area contributed by atoms with E-state index in [-0.39, 0.29) is 5.75 Å². The molecule has 0 fully saturated rings. The van der Waals surface area contributed by atoms with Gasteiger partial charge < -0.3 is 5.32 Å². The van der Waals surface area contributed by atoms with Gasteiger partial charge >= 0.3 is 0 Å². The van der Waals surface area contributed by atoms with Crippen LogP contribution in [-0.2, 0) is 9.84 Å². The molecule has 0 heterocycles. The summed E-state index contributed by atoms with van der Waals surface area (Å²) >= 11 is 0. The number of hydrogen-bond donors (Lipinski definition) is 1. The largest absolute Gasteiger partial charge is 0.384 e. The number of nitriles is 1. The topological polar surface area (TPSA) is 70.0 Å². The summed E-state index contributed by atoms with van der Waals surface area (Å²) in [4.78, 5) is 0.334. The van der Waals surface area contributed by atoms with Crippen LogP contribution in [0.2, 0.25) is 0 Å². The first kappa shape index (κ1) is 12.5. The molecule has 0 atom stereocenters. The van der Waals surface area contributed by atoms with Crippen molar-refractivity contribution >= 4 is 15.5 Å². The first-order valence-corrected chi connectivity index (χ1v) is 6.69. The number of nitrogens with one attached hydrogen (secondary N) is 1. The molecule has 0 saturated carbocycles. The van der Waals surface area contributed by atoms with Crippen molar-refractivity contribution in [3.05, 3.63) is 24.3 Å². The van der Waals surface area contributed by atoms with E-state index in [0.29, 0.717) is 17.9 Å². The van der Waals surface area contributed by atoms with Gasteiger partial charge in [0, 0.05) is 12.2 Å². The summed E-state index contributed by atoms with van der Waals surface area (Å²) in [6.45, 7) is 2.19. The van der Waals surface area contributed by atoms with Crippen molar-refractivity contribution < 1.29 is 8.42 Å². The fourth-order valence-corrected chi connectivity index (χ4v) is 2.09. The molecule has 4 nitrogen and oxygen atoms in total. The van der Waals surface area contributed by atoms with Crippen LogP contribution in [0.3, 0.4) is 0 Å². The van der Waals surface area contributed by atoms with Crippen molar-refractivity contribution in [2.75, 3.05) is 17.6 Å². The van der Waals surface area contributed by atoms with Crippen LogP contribution in [0.1, 0.15) is 13.3 Å². The third kappa shape index (κ3) is 3.24. The maximum Gasteiger partial charge on any atom is 0.178 e. The predicted octanol–water partition coefficient (Wildman–Crippen LogP) is 1.81. The van der Waals surface area contributed by atoms with E-state index in [4.69, 9.17) is 5.26 Å². The molecule has 0 spiro atoms. The normalized spacial score (nSPS) is 10.8. The van der Waals surface area contributed by atoms with E-state index in [9.17, 15) is 8.42 Å². The zero-order chi connectivity index (χ0) is 12.0. The summed E-state index contributed by atoms with van der Waals surface area (Å²) in [5, 5.41) is 11.4. The highest BCUT2D eigenvalue weighted by molar-refractivity contribution is 7.91. The molecule has 0 bridgehead atoms. The minimum atomic E-state index is -3.12. The van der Waals surface area contributed by atoms with Crippen molar-refractivity contribution in [2.24, 2.45) is 0 Å². The lowest BCUT2D eigenvalue weighted by Crippen LogP contribution is -2.04. The van der Waals surface area contributed by atoms with E-state index < -0.39 is 9.84 Å². The molecule has 1 aromatic rings. The number of nitrogens with zero attached hydrogens (tertiary/aromatic N) is 1. The highest BCUT2D eigenvalue weighted by Gasteiger charge is 2.10. The van der Waals surface area contributed by atoms with Gasteiger partial charge in [0.1, 0.15) is 0 Å². The Balaban J connectivity index is 2.73. The average molecular weight is 238 g/mol. The molecule has 86 valence electrons. The van der Waals surface area contributed by atoms with Gasteiger partial charge in [-0.2, -0.15) is 5.26 Å². The third-order valence-corrected chi connectivity index (χ3v) is 3.91. The summed E-state index contributed by atoms with van der Waals surface area (Å²) < 4.78 is 23.0. The molecule has 0 saturated heterocycles. The summed E-state index contributed by atoms with van der Waals surface area (Å²) in [5.74, 6) is 0.105. The monoisotopic (exact) mass is 238 g/mol. The van der Waals surface area contributed by atoms with Gasteiger partial charge in [-0.15, -0.1) is 0 Å². The van der Waals surface area contributed by atoms with E-state index in [2.05, 4.69) is 5.32 Å². The van der Waals surface area contributed by atoms with Crippen LogP contribution in [0.15, 0.2) is 29.2 Å². The molecule has 0 amide bonds. The summed E-state index contributed by atoms with van der Waals surface area (Å²) in [6.07, 6.45) is 0.426. The van der Waals surface area contributed by atoms with Crippen LogP contribution < -0.4 is 5.32 Å². The second-order valence-corrected chi connectivity index (χ2v) is 5.54. The zero-order valence-electron chi connectivity index (χ0n) is 9.10. The van der Waals surface area contributed by atoms with E-state index in [0.717, 1.165) is 5.69 Å². The summed E-state index contributed by atoms with van der Waals surface area (Å²) in [7, 11) is -3.12. The Kier molecular flexibility index (Phi) is 4.32. The molecule has 5 heteroatoms. The van der Waals surface area contributed by atoms with Gasteiger partial charge in [0.2, 0.25) is 0 Å². The van der Waals surface area contributed by atoms with Gasteiger partial charge in [-0.3, -0.25) is 0 Å². The van der Waals surface area contributed by atoms with Crippen LogP contribution in [0.5, 0.6) is 0 Å². The lowest BCUT2D eigenvalue weighted by Gasteiger charge is -2.05. The fraction of sp³-hybridized carbons (Fsp3) is 0.364. The lowest BCUT2D eigenvalue weighted by molar-refractivity contribution is 0.597. The van der Waals surface area contributed by atoms with Crippen molar-refractivity contribution in [3.63, 3.8) is 0 Å². The van der Waals surface area contributed by atoms with E-state index in [1.165, 1.54) is 0 Å². The molecule has 0 aliphatic heterocycles. The zero-order valence-corrected chi connectivity index (χ0v) is 9.92.